The summed E-state index contributed by atoms with van der Waals surface area (Å²) in [5.41, 5.74) is 25.9. The van der Waals surface area contributed by atoms with E-state index in [-0.39, 0.29) is 0 Å². The molecule has 0 bridgehead atoms. The summed E-state index contributed by atoms with van der Waals surface area (Å²) >= 11 is 0. The summed E-state index contributed by atoms with van der Waals surface area (Å²) in [5, 5.41) is 4.30. The Bertz CT molecular complexity index is 4180. The molecule has 2 aliphatic rings. The summed E-state index contributed by atoms with van der Waals surface area (Å²) in [7, 11) is 0. The van der Waals surface area contributed by atoms with Gasteiger partial charge in [-0.05, 0) is 157 Å². The molecular weight excluding hydrogens is 865 g/mol. The normalized spacial score (nSPS) is 13.0. The number of anilines is 6. The van der Waals surface area contributed by atoms with Crippen LogP contribution >= 0.6 is 0 Å². The molecule has 0 aliphatic heterocycles. The van der Waals surface area contributed by atoms with Gasteiger partial charge in [-0.3, -0.25) is 0 Å². The van der Waals surface area contributed by atoms with Crippen LogP contribution < -0.4 is 9.80 Å². The summed E-state index contributed by atoms with van der Waals surface area (Å²) in [5.74, 6) is 0. The second kappa shape index (κ2) is 15.2. The van der Waals surface area contributed by atoms with Crippen molar-refractivity contribution in [1.29, 1.82) is 0 Å². The first-order chi connectivity index (χ1) is 34.7. The minimum atomic E-state index is -0.779. The van der Waals surface area contributed by atoms with Crippen LogP contribution in [-0.4, -0.2) is 0 Å². The average molecular weight is 915 g/mol. The predicted molar refractivity (Wildman–Crippen MR) is 295 cm³/mol. The number of hydrogen-bond donors (Lipinski definition) is 0. The maximum atomic E-state index is 7.51. The van der Waals surface area contributed by atoms with Gasteiger partial charge in [0, 0.05) is 50.0 Å². The number of nitrogens with zero attached hydrogens (tertiary/aromatic N) is 2. The highest BCUT2D eigenvalue weighted by atomic mass is 16.3. The number of rotatable bonds is 6. The molecule has 0 unspecified atom stereocenters. The van der Waals surface area contributed by atoms with Crippen LogP contribution in [0.4, 0.5) is 34.1 Å². The molecule has 2 aromatic heterocycles. The lowest BCUT2D eigenvalue weighted by Crippen LogP contribution is -2.27. The Morgan fingerprint density at radius 2 is 0.761 bits per heavy atom. The van der Waals surface area contributed by atoms with Gasteiger partial charge in [0.25, 0.3) is 0 Å². The highest BCUT2D eigenvalue weighted by molar-refractivity contribution is 6.26. The third-order valence-corrected chi connectivity index (χ3v) is 15.7. The second-order valence-corrected chi connectivity index (χ2v) is 19.9. The fourth-order valence-corrected chi connectivity index (χ4v) is 12.5. The Balaban J connectivity index is 1.24. The summed E-state index contributed by atoms with van der Waals surface area (Å²) in [6.45, 7) is 13.3. The molecule has 2 aliphatic carbocycles. The third-order valence-electron chi connectivity index (χ3n) is 15.7. The van der Waals surface area contributed by atoms with E-state index < -0.39 is 5.41 Å². The first-order valence-electron chi connectivity index (χ1n) is 24.8. The Hall–Kier alpha value is -8.60. The zero-order chi connectivity index (χ0) is 47.9. The Kier molecular flexibility index (Phi) is 8.86. The highest BCUT2D eigenvalue weighted by Crippen LogP contribution is 2.68. The van der Waals surface area contributed by atoms with Crippen molar-refractivity contribution in [3.05, 3.63) is 250 Å². The fourth-order valence-electron chi connectivity index (χ4n) is 12.5. The van der Waals surface area contributed by atoms with E-state index in [2.05, 4.69) is 245 Å². The topological polar surface area (TPSA) is 32.8 Å². The first kappa shape index (κ1) is 41.4. The summed E-state index contributed by atoms with van der Waals surface area (Å²) in [6, 6.07) is 71.6. The van der Waals surface area contributed by atoms with E-state index in [1.807, 2.05) is 0 Å². The number of para-hydroxylation sites is 4. The van der Waals surface area contributed by atoms with Gasteiger partial charge in [-0.15, -0.1) is 0 Å². The largest absolute Gasteiger partial charge is 0.455 e. The molecule has 12 aromatic rings. The van der Waals surface area contributed by atoms with Gasteiger partial charge in [-0.2, -0.15) is 0 Å². The van der Waals surface area contributed by atoms with E-state index in [9.17, 15) is 0 Å². The highest BCUT2D eigenvalue weighted by Gasteiger charge is 2.54. The Morgan fingerprint density at radius 3 is 1.34 bits per heavy atom. The maximum Gasteiger partial charge on any atom is 0.160 e. The molecule has 4 heteroatoms. The number of furan rings is 2. The molecular formula is C67H50N2O2. The van der Waals surface area contributed by atoms with Gasteiger partial charge in [0.2, 0.25) is 0 Å². The van der Waals surface area contributed by atoms with Gasteiger partial charge in [-0.25, -0.2) is 0 Å². The number of aryl methyl sites for hydroxylation is 6. The van der Waals surface area contributed by atoms with Crippen molar-refractivity contribution in [1.82, 2.24) is 0 Å². The molecule has 71 heavy (non-hydrogen) atoms. The Labute approximate surface area is 413 Å². The minimum Gasteiger partial charge on any atom is -0.455 e. The van der Waals surface area contributed by atoms with Gasteiger partial charge in [0.1, 0.15) is 16.7 Å². The molecule has 340 valence electrons. The van der Waals surface area contributed by atoms with Gasteiger partial charge in [0.05, 0.1) is 22.2 Å². The van der Waals surface area contributed by atoms with Crippen molar-refractivity contribution < 1.29 is 8.83 Å². The maximum absolute atomic E-state index is 7.51. The molecule has 0 radical (unpaired) electrons. The predicted octanol–water partition coefficient (Wildman–Crippen LogP) is 18.6. The van der Waals surface area contributed by atoms with Crippen LogP contribution in [0, 0.1) is 41.5 Å². The van der Waals surface area contributed by atoms with Crippen LogP contribution in [0.2, 0.25) is 0 Å². The van der Waals surface area contributed by atoms with Crippen molar-refractivity contribution >= 4 is 78.0 Å². The zero-order valence-electron chi connectivity index (χ0n) is 40.7. The van der Waals surface area contributed by atoms with E-state index in [0.717, 1.165) is 89.1 Å². The van der Waals surface area contributed by atoms with Crippen LogP contribution in [0.1, 0.15) is 55.6 Å². The summed E-state index contributed by atoms with van der Waals surface area (Å²) in [6.07, 6.45) is 0. The zero-order valence-corrected chi connectivity index (χ0v) is 40.7. The SMILES string of the molecule is Cc1ccc(C)c(N(c2ccccc2C)c2cc3c(c4c2oc2ccccc24)-c2c(cc(N(c4ccccc4C)c4cc(C)ccc4C)c4c2oc2ccccc24)C32c3ccccc3-c3ccccc32)c1. The second-order valence-electron chi connectivity index (χ2n) is 19.9. The quantitative estimate of drug-likeness (QED) is 0.166. The molecule has 0 fully saturated rings. The van der Waals surface area contributed by atoms with Crippen LogP contribution in [0.3, 0.4) is 0 Å². The molecule has 0 saturated heterocycles. The van der Waals surface area contributed by atoms with E-state index in [4.69, 9.17) is 8.83 Å². The third kappa shape index (κ3) is 5.67. The first-order valence-corrected chi connectivity index (χ1v) is 24.8. The monoisotopic (exact) mass is 914 g/mol. The van der Waals surface area contributed by atoms with Gasteiger partial charge in [0.15, 0.2) is 5.58 Å². The molecule has 0 atom stereocenters. The molecule has 0 saturated carbocycles. The molecule has 4 nitrogen and oxygen atoms in total. The molecule has 1 spiro atoms. The standard InChI is InChI=1S/C67H50N2O2/c1-39-31-33-43(5)55(35-39)68(53-27-15-7-19-41(53)3)57-37-52-64(66-61(57)47-23-11-17-29-59(47)71-66)63-51(67(52)49-25-13-9-21-45(49)46-22-10-14-26-50(46)67)38-58(65-62(63)48-24-12-18-30-60(48)70-65)69(54-28-16-8-20-42(54)4)56-36-40(2)32-34-44(56)6/h7-38H,1-6H3. The van der Waals surface area contributed by atoms with Crippen LogP contribution in [-0.2, 0) is 5.41 Å². The van der Waals surface area contributed by atoms with Gasteiger partial charge >= 0.3 is 0 Å². The van der Waals surface area contributed by atoms with E-state index in [1.54, 1.807) is 0 Å². The van der Waals surface area contributed by atoms with Crippen LogP contribution in [0.25, 0.3) is 66.1 Å². The van der Waals surface area contributed by atoms with Gasteiger partial charge < -0.3 is 18.6 Å². The van der Waals surface area contributed by atoms with Crippen molar-refractivity contribution in [3.8, 4) is 22.3 Å². The summed E-state index contributed by atoms with van der Waals surface area (Å²) < 4.78 is 14.9. The van der Waals surface area contributed by atoms with Crippen molar-refractivity contribution in [2.45, 2.75) is 47.0 Å². The van der Waals surface area contributed by atoms with Crippen LogP contribution in [0.5, 0.6) is 0 Å². The fraction of sp³-hybridized carbons (Fsp3) is 0.104. The summed E-state index contributed by atoms with van der Waals surface area (Å²) in [4.78, 5) is 4.98. The Morgan fingerprint density at radius 1 is 0.324 bits per heavy atom. The number of hydrogen-bond acceptors (Lipinski definition) is 4. The van der Waals surface area contributed by atoms with E-state index >= 15 is 0 Å². The average Bonchev–Trinajstić information content (AvgIpc) is 4.13. The molecule has 0 amide bonds. The molecule has 14 rings (SSSR count). The van der Waals surface area contributed by atoms with Crippen molar-refractivity contribution in [3.63, 3.8) is 0 Å². The van der Waals surface area contributed by atoms with Gasteiger partial charge in [-0.1, -0.05) is 146 Å². The van der Waals surface area contributed by atoms with Crippen molar-refractivity contribution in [2.24, 2.45) is 0 Å². The number of fused-ring (bicyclic) bond motifs is 18. The molecule has 10 aromatic carbocycles. The smallest absolute Gasteiger partial charge is 0.160 e. The molecule has 2 heterocycles. The number of benzene rings is 10. The molecule has 0 N–H and O–H groups in total. The lowest BCUT2D eigenvalue weighted by atomic mass is 9.70. The van der Waals surface area contributed by atoms with Crippen LogP contribution in [0.15, 0.2) is 203 Å². The van der Waals surface area contributed by atoms with Crippen molar-refractivity contribution in [2.75, 3.05) is 9.80 Å². The lowest BCUT2D eigenvalue weighted by molar-refractivity contribution is 0.668. The van der Waals surface area contributed by atoms with E-state index in [0.29, 0.717) is 0 Å². The van der Waals surface area contributed by atoms with E-state index in [1.165, 1.54) is 66.8 Å². The minimum absolute atomic E-state index is 0.779. The lowest BCUT2D eigenvalue weighted by Gasteiger charge is -2.34.